The standard InChI is InChI=1S/C28H32O9/c1-13-21(31)35-18-12-23(13,2)19-20(30)27(34)16-9-8-14-6-5-7-17(29)24(14,3)15(16)10-11-26(33)22(32)36-25(18,4)28(19,26)37-27/h5-6,8,13,15-16,18-19,33-34H,7,9-12H2,1-4H3/t13-,15-,16-,18-,19+,23-,24+,25+,26-,27+,28+/m1/s1. The van der Waals surface area contributed by atoms with E-state index < -0.39 is 80.9 Å². The lowest BCUT2D eigenvalue weighted by atomic mass is 9.46. The first-order valence-corrected chi connectivity index (χ1v) is 13.3. The number of ketones is 2. The van der Waals surface area contributed by atoms with Crippen molar-refractivity contribution in [1.82, 2.24) is 0 Å². The molecular weight excluding hydrogens is 480 g/mol. The molecule has 7 rings (SSSR count). The molecule has 0 radical (unpaired) electrons. The highest BCUT2D eigenvalue weighted by Gasteiger charge is 2.91. The van der Waals surface area contributed by atoms with Gasteiger partial charge >= 0.3 is 11.9 Å². The summed E-state index contributed by atoms with van der Waals surface area (Å²) >= 11 is 0. The van der Waals surface area contributed by atoms with E-state index in [0.717, 1.165) is 5.57 Å². The second-order valence-corrected chi connectivity index (χ2v) is 12.9. The van der Waals surface area contributed by atoms with E-state index in [1.807, 2.05) is 19.1 Å². The van der Waals surface area contributed by atoms with Gasteiger partial charge in [-0.3, -0.25) is 14.4 Å². The van der Waals surface area contributed by atoms with Gasteiger partial charge in [0, 0.05) is 12.3 Å². The number of Topliss-reactive ketones (excluding diaryl/α,β-unsaturated/α-hetero) is 2. The number of hydrogen-bond donors (Lipinski definition) is 2. The summed E-state index contributed by atoms with van der Waals surface area (Å²) < 4.78 is 18.1. The zero-order chi connectivity index (χ0) is 26.6. The number of allylic oxidation sites excluding steroid dienone is 4. The highest BCUT2D eigenvalue weighted by atomic mass is 16.7. The summed E-state index contributed by atoms with van der Waals surface area (Å²) in [6.45, 7) is 6.80. The Bertz CT molecular complexity index is 1270. The third-order valence-corrected chi connectivity index (χ3v) is 11.8. The summed E-state index contributed by atoms with van der Waals surface area (Å²) in [5.41, 5.74) is -7.19. The SMILES string of the molecule is C[C@@H]1C(=O)O[C@@H]2C[C@@]1(C)[C@@H]1C(=O)[C@@]3(O)O[C@@]14[C@@](O)(CC[C@@H]1[C@H]3CC=C3C=CCC(=O)[C@@]31C)C(=O)O[C@@]24C. The Hall–Kier alpha value is -2.36. The van der Waals surface area contributed by atoms with Gasteiger partial charge in [-0.15, -0.1) is 0 Å². The molecule has 0 aromatic heterocycles. The maximum absolute atomic E-state index is 14.6. The average Bonchev–Trinajstić information content (AvgIpc) is 3.19. The lowest BCUT2D eigenvalue weighted by Gasteiger charge is -2.61. The molecule has 9 nitrogen and oxygen atoms in total. The van der Waals surface area contributed by atoms with Crippen LogP contribution in [0.2, 0.25) is 0 Å². The van der Waals surface area contributed by atoms with Crippen molar-refractivity contribution in [2.45, 2.75) is 88.5 Å². The summed E-state index contributed by atoms with van der Waals surface area (Å²) in [5, 5.41) is 24.6. The number of ether oxygens (including phenoxy) is 3. The Balaban J connectivity index is 1.50. The zero-order valence-electron chi connectivity index (χ0n) is 21.4. The number of carbonyl (C=O) groups excluding carboxylic acids is 4. The van der Waals surface area contributed by atoms with Gasteiger partial charge in [-0.05, 0) is 56.4 Å². The average molecular weight is 513 g/mol. The van der Waals surface area contributed by atoms with Crippen LogP contribution < -0.4 is 0 Å². The van der Waals surface area contributed by atoms with Gasteiger partial charge in [0.05, 0.1) is 17.3 Å². The van der Waals surface area contributed by atoms with Crippen LogP contribution in [-0.4, -0.2) is 62.4 Å². The fraction of sp³-hybridized carbons (Fsp3) is 0.714. The summed E-state index contributed by atoms with van der Waals surface area (Å²) in [4.78, 5) is 54.5. The molecule has 0 unspecified atom stereocenters. The molecular formula is C28H32O9. The smallest absolute Gasteiger partial charge is 0.342 e. The second kappa shape index (κ2) is 6.43. The van der Waals surface area contributed by atoms with Gasteiger partial charge in [0.25, 0.3) is 0 Å². The molecule has 0 aromatic rings. The maximum Gasteiger partial charge on any atom is 0.342 e. The van der Waals surface area contributed by atoms with E-state index >= 15 is 0 Å². The number of esters is 2. The third-order valence-electron chi connectivity index (χ3n) is 11.8. The van der Waals surface area contributed by atoms with Crippen LogP contribution in [0.3, 0.4) is 0 Å². The van der Waals surface area contributed by atoms with Crippen LogP contribution in [-0.2, 0) is 33.4 Å². The number of carbonyl (C=O) groups is 4. The summed E-state index contributed by atoms with van der Waals surface area (Å²) in [6, 6.07) is 0. The Morgan fingerprint density at radius 2 is 1.78 bits per heavy atom. The van der Waals surface area contributed by atoms with Crippen LogP contribution in [0.1, 0.15) is 59.8 Å². The molecule has 2 N–H and O–H groups in total. The van der Waals surface area contributed by atoms with Crippen molar-refractivity contribution in [3.63, 3.8) is 0 Å². The molecule has 0 amide bonds. The number of aliphatic hydroxyl groups is 2. The molecule has 1 saturated carbocycles. The van der Waals surface area contributed by atoms with Gasteiger partial charge in [-0.1, -0.05) is 32.1 Å². The minimum absolute atomic E-state index is 0.0426. The fourth-order valence-corrected chi connectivity index (χ4v) is 9.44. The van der Waals surface area contributed by atoms with Gasteiger partial charge in [-0.2, -0.15) is 0 Å². The molecule has 11 atom stereocenters. The molecule has 3 aliphatic carbocycles. The Kier molecular flexibility index (Phi) is 4.13. The molecule has 1 spiro atoms. The van der Waals surface area contributed by atoms with Crippen molar-refractivity contribution >= 4 is 23.5 Å². The largest absolute Gasteiger partial charge is 0.458 e. The molecule has 5 fully saturated rings. The van der Waals surface area contributed by atoms with Crippen molar-refractivity contribution in [3.05, 3.63) is 23.8 Å². The van der Waals surface area contributed by atoms with E-state index in [2.05, 4.69) is 0 Å². The molecule has 37 heavy (non-hydrogen) atoms. The van der Waals surface area contributed by atoms with E-state index in [-0.39, 0.29) is 37.9 Å². The van der Waals surface area contributed by atoms with E-state index in [1.165, 1.54) is 6.92 Å². The van der Waals surface area contributed by atoms with E-state index in [9.17, 15) is 29.4 Å². The van der Waals surface area contributed by atoms with Crippen molar-refractivity contribution < 1.29 is 43.6 Å². The predicted molar refractivity (Wildman–Crippen MR) is 124 cm³/mol. The van der Waals surface area contributed by atoms with Crippen LogP contribution in [0.4, 0.5) is 0 Å². The topological polar surface area (TPSA) is 136 Å². The van der Waals surface area contributed by atoms with Gasteiger partial charge in [0.2, 0.25) is 5.79 Å². The summed E-state index contributed by atoms with van der Waals surface area (Å²) in [5.74, 6) is -7.88. The predicted octanol–water partition coefficient (Wildman–Crippen LogP) is 1.54. The van der Waals surface area contributed by atoms with E-state index in [0.29, 0.717) is 0 Å². The first-order chi connectivity index (χ1) is 17.2. The van der Waals surface area contributed by atoms with Gasteiger partial charge in [0.15, 0.2) is 22.6 Å². The molecule has 4 bridgehead atoms. The highest BCUT2D eigenvalue weighted by Crippen LogP contribution is 2.73. The molecule has 4 saturated heterocycles. The van der Waals surface area contributed by atoms with Crippen molar-refractivity contribution in [1.29, 1.82) is 0 Å². The lowest BCUT2D eigenvalue weighted by molar-refractivity contribution is -0.346. The van der Waals surface area contributed by atoms with Crippen LogP contribution in [0.25, 0.3) is 0 Å². The van der Waals surface area contributed by atoms with Gasteiger partial charge in [0.1, 0.15) is 11.9 Å². The maximum atomic E-state index is 14.6. The Morgan fingerprint density at radius 3 is 2.51 bits per heavy atom. The van der Waals surface area contributed by atoms with Gasteiger partial charge < -0.3 is 24.4 Å². The molecule has 9 heteroatoms. The number of fused-ring (bicyclic) bond motifs is 9. The monoisotopic (exact) mass is 512 g/mol. The second-order valence-electron chi connectivity index (χ2n) is 12.9. The number of hydrogen-bond acceptors (Lipinski definition) is 9. The minimum Gasteiger partial charge on any atom is -0.458 e. The fourth-order valence-electron chi connectivity index (χ4n) is 9.44. The van der Waals surface area contributed by atoms with E-state index in [4.69, 9.17) is 14.2 Å². The Morgan fingerprint density at radius 1 is 1.05 bits per heavy atom. The van der Waals surface area contributed by atoms with Crippen molar-refractivity contribution in [2.24, 2.45) is 34.5 Å². The highest BCUT2D eigenvalue weighted by molar-refractivity contribution is 5.99. The first-order valence-electron chi connectivity index (χ1n) is 13.3. The summed E-state index contributed by atoms with van der Waals surface area (Å²) in [7, 11) is 0. The van der Waals surface area contributed by atoms with Crippen LogP contribution >= 0.6 is 0 Å². The van der Waals surface area contributed by atoms with E-state index in [1.54, 1.807) is 19.9 Å². The normalized spacial score (nSPS) is 57.4. The third kappa shape index (κ3) is 2.17. The van der Waals surface area contributed by atoms with Gasteiger partial charge in [-0.25, -0.2) is 4.79 Å². The molecule has 4 heterocycles. The quantitative estimate of drug-likeness (QED) is 0.463. The van der Waals surface area contributed by atoms with Crippen LogP contribution in [0.15, 0.2) is 23.8 Å². The van der Waals surface area contributed by atoms with Crippen LogP contribution in [0, 0.1) is 34.5 Å². The molecule has 198 valence electrons. The molecule has 4 aliphatic heterocycles. The zero-order valence-corrected chi connectivity index (χ0v) is 21.4. The molecule has 7 aliphatic rings. The lowest BCUT2D eigenvalue weighted by Crippen LogP contribution is -2.78. The first kappa shape index (κ1) is 23.7. The van der Waals surface area contributed by atoms with Crippen LogP contribution in [0.5, 0.6) is 0 Å². The van der Waals surface area contributed by atoms with Crippen molar-refractivity contribution in [2.75, 3.05) is 0 Å². The summed E-state index contributed by atoms with van der Waals surface area (Å²) in [6.07, 6.45) is 5.45. The number of rotatable bonds is 0. The molecule has 0 aromatic carbocycles. The minimum atomic E-state index is -2.39. The Labute approximate surface area is 214 Å². The van der Waals surface area contributed by atoms with Crippen molar-refractivity contribution in [3.8, 4) is 0 Å².